The normalized spacial score (nSPS) is 10.9. The lowest BCUT2D eigenvalue weighted by Crippen LogP contribution is -1.77. The Hall–Kier alpha value is -0.820. The number of halogens is 2. The van der Waals surface area contributed by atoms with E-state index in [2.05, 4.69) is 0 Å². The third-order valence-corrected chi connectivity index (χ3v) is 1.82. The number of hydrogen-bond acceptors (Lipinski definition) is 0. The molecule has 0 spiro atoms. The van der Waals surface area contributed by atoms with Crippen molar-refractivity contribution in [2.24, 2.45) is 0 Å². The molecule has 0 aromatic heterocycles. The number of allylic oxidation sites excluding steroid dienone is 1. The number of hydrogen-bond donors (Lipinski definition) is 0. The number of rotatable bonds is 2. The number of benzene rings is 1. The minimum Gasteiger partial charge on any atom is -0.207 e. The van der Waals surface area contributed by atoms with Gasteiger partial charge in [-0.2, -0.15) is 0 Å². The van der Waals surface area contributed by atoms with Crippen LogP contribution in [0.15, 0.2) is 24.3 Å². The quantitative estimate of drug-likeness (QED) is 0.654. The predicted octanol–water partition coefficient (Wildman–Crippen LogP) is 3.90. The van der Waals surface area contributed by atoms with E-state index >= 15 is 0 Å². The average molecular weight is 185 g/mol. The maximum Gasteiger partial charge on any atom is 0.124 e. The lowest BCUT2D eigenvalue weighted by molar-refractivity contribution is 0.628. The van der Waals surface area contributed by atoms with E-state index in [0.29, 0.717) is 5.02 Å². The molecule has 1 rings (SSSR count). The summed E-state index contributed by atoms with van der Waals surface area (Å²) in [6.07, 6.45) is 4.83. The first-order chi connectivity index (χ1) is 5.74. The second-order valence-electron chi connectivity index (χ2n) is 2.48. The van der Waals surface area contributed by atoms with Crippen molar-refractivity contribution < 1.29 is 4.39 Å². The minimum atomic E-state index is -0.298. The molecule has 0 nitrogen and oxygen atoms in total. The molecule has 0 saturated heterocycles. The molecule has 0 heterocycles. The van der Waals surface area contributed by atoms with Gasteiger partial charge in [0.25, 0.3) is 0 Å². The highest BCUT2D eigenvalue weighted by molar-refractivity contribution is 6.32. The molecule has 0 atom stereocenters. The first kappa shape index (κ1) is 9.27. The highest BCUT2D eigenvalue weighted by atomic mass is 35.5. The van der Waals surface area contributed by atoms with E-state index in [1.165, 1.54) is 12.1 Å². The largest absolute Gasteiger partial charge is 0.207 e. The van der Waals surface area contributed by atoms with Crippen molar-refractivity contribution in [2.75, 3.05) is 0 Å². The van der Waals surface area contributed by atoms with E-state index in [-0.39, 0.29) is 5.82 Å². The van der Waals surface area contributed by atoms with Gasteiger partial charge in [0.1, 0.15) is 5.82 Å². The van der Waals surface area contributed by atoms with Crippen molar-refractivity contribution in [3.8, 4) is 0 Å². The zero-order valence-electron chi connectivity index (χ0n) is 6.85. The molecular weight excluding hydrogens is 175 g/mol. The van der Waals surface area contributed by atoms with Crippen LogP contribution in [0.25, 0.3) is 6.08 Å². The maximum atomic E-state index is 12.6. The zero-order chi connectivity index (χ0) is 8.97. The molecule has 2 heteroatoms. The summed E-state index contributed by atoms with van der Waals surface area (Å²) in [6.45, 7) is 2.04. The molecule has 0 N–H and O–H groups in total. The molecule has 0 fully saturated rings. The third kappa shape index (κ3) is 2.35. The Labute approximate surface area is 76.7 Å². The molecule has 1 aromatic rings. The standard InChI is InChI=1S/C10H10ClF/c1-2-3-4-8-5-6-9(12)7-10(8)11/h3-7H,2H2,1H3. The second kappa shape index (κ2) is 4.27. The van der Waals surface area contributed by atoms with Crippen molar-refractivity contribution in [1.82, 2.24) is 0 Å². The highest BCUT2D eigenvalue weighted by Gasteiger charge is 1.96. The van der Waals surface area contributed by atoms with Crippen molar-refractivity contribution in [2.45, 2.75) is 13.3 Å². The van der Waals surface area contributed by atoms with Gasteiger partial charge in [-0.05, 0) is 24.1 Å². The van der Waals surface area contributed by atoms with Gasteiger partial charge in [0, 0.05) is 0 Å². The maximum absolute atomic E-state index is 12.6. The van der Waals surface area contributed by atoms with Crippen molar-refractivity contribution in [1.29, 1.82) is 0 Å². The van der Waals surface area contributed by atoms with Crippen LogP contribution in [0.2, 0.25) is 5.02 Å². The smallest absolute Gasteiger partial charge is 0.124 e. The lowest BCUT2D eigenvalue weighted by atomic mass is 10.2. The summed E-state index contributed by atoms with van der Waals surface area (Å²) in [5.74, 6) is -0.298. The summed E-state index contributed by atoms with van der Waals surface area (Å²) in [7, 11) is 0. The second-order valence-corrected chi connectivity index (χ2v) is 2.88. The van der Waals surface area contributed by atoms with Gasteiger partial charge in [0.15, 0.2) is 0 Å². The van der Waals surface area contributed by atoms with Crippen molar-refractivity contribution in [3.05, 3.63) is 40.7 Å². The SMILES string of the molecule is CCC=Cc1ccc(F)cc1Cl. The van der Waals surface area contributed by atoms with Gasteiger partial charge in [-0.3, -0.25) is 0 Å². The van der Waals surface area contributed by atoms with E-state index < -0.39 is 0 Å². The Bertz CT molecular complexity index is 292. The Morgan fingerprint density at radius 2 is 2.25 bits per heavy atom. The molecule has 12 heavy (non-hydrogen) atoms. The fourth-order valence-corrected chi connectivity index (χ4v) is 1.11. The summed E-state index contributed by atoms with van der Waals surface area (Å²) in [5.41, 5.74) is 0.861. The molecular formula is C10H10ClF. The Morgan fingerprint density at radius 3 is 2.83 bits per heavy atom. The monoisotopic (exact) mass is 184 g/mol. The fraction of sp³-hybridized carbons (Fsp3) is 0.200. The summed E-state index contributed by atoms with van der Waals surface area (Å²) < 4.78 is 12.6. The Morgan fingerprint density at radius 1 is 1.50 bits per heavy atom. The average Bonchev–Trinajstić information content (AvgIpc) is 2.03. The van der Waals surface area contributed by atoms with E-state index in [0.717, 1.165) is 12.0 Å². The van der Waals surface area contributed by atoms with Crippen LogP contribution in [0.1, 0.15) is 18.9 Å². The minimum absolute atomic E-state index is 0.298. The highest BCUT2D eigenvalue weighted by Crippen LogP contribution is 2.18. The van der Waals surface area contributed by atoms with E-state index in [1.54, 1.807) is 6.07 Å². The van der Waals surface area contributed by atoms with Gasteiger partial charge in [0.05, 0.1) is 5.02 Å². The molecule has 0 radical (unpaired) electrons. The zero-order valence-corrected chi connectivity index (χ0v) is 7.61. The lowest BCUT2D eigenvalue weighted by Gasteiger charge is -1.96. The van der Waals surface area contributed by atoms with Crippen LogP contribution in [-0.4, -0.2) is 0 Å². The molecule has 0 aliphatic carbocycles. The molecule has 0 unspecified atom stereocenters. The van der Waals surface area contributed by atoms with Crippen LogP contribution in [0, 0.1) is 5.82 Å². The summed E-state index contributed by atoms with van der Waals surface area (Å²) in [4.78, 5) is 0. The van der Waals surface area contributed by atoms with Gasteiger partial charge < -0.3 is 0 Å². The van der Waals surface area contributed by atoms with Crippen LogP contribution in [-0.2, 0) is 0 Å². The summed E-state index contributed by atoms with van der Waals surface area (Å²) in [5, 5.41) is 0.458. The van der Waals surface area contributed by atoms with Gasteiger partial charge >= 0.3 is 0 Å². The van der Waals surface area contributed by atoms with E-state index in [9.17, 15) is 4.39 Å². The first-order valence-electron chi connectivity index (χ1n) is 3.85. The van der Waals surface area contributed by atoms with Gasteiger partial charge in [-0.25, -0.2) is 4.39 Å². The van der Waals surface area contributed by atoms with Crippen molar-refractivity contribution in [3.63, 3.8) is 0 Å². The predicted molar refractivity (Wildman–Crippen MR) is 50.7 cm³/mol. The molecule has 64 valence electrons. The third-order valence-electron chi connectivity index (χ3n) is 1.50. The van der Waals surface area contributed by atoms with Gasteiger partial charge in [-0.1, -0.05) is 36.7 Å². The first-order valence-corrected chi connectivity index (χ1v) is 4.23. The van der Waals surface area contributed by atoms with Crippen LogP contribution >= 0.6 is 11.6 Å². The summed E-state index contributed by atoms with van der Waals surface area (Å²) in [6, 6.07) is 4.39. The topological polar surface area (TPSA) is 0 Å². The fourth-order valence-electron chi connectivity index (χ4n) is 0.881. The molecule has 0 saturated carbocycles. The molecule has 0 bridgehead atoms. The van der Waals surface area contributed by atoms with Gasteiger partial charge in [-0.15, -0.1) is 0 Å². The molecule has 1 aromatic carbocycles. The molecule has 0 amide bonds. The van der Waals surface area contributed by atoms with Crippen LogP contribution in [0.4, 0.5) is 4.39 Å². The van der Waals surface area contributed by atoms with E-state index in [4.69, 9.17) is 11.6 Å². The molecule has 0 aliphatic rings. The van der Waals surface area contributed by atoms with Crippen LogP contribution < -0.4 is 0 Å². The van der Waals surface area contributed by atoms with Crippen molar-refractivity contribution >= 4 is 17.7 Å². The summed E-state index contributed by atoms with van der Waals surface area (Å²) >= 11 is 5.77. The Kier molecular flexibility index (Phi) is 3.30. The van der Waals surface area contributed by atoms with Gasteiger partial charge in [0.2, 0.25) is 0 Å². The van der Waals surface area contributed by atoms with Crippen LogP contribution in [0.3, 0.4) is 0 Å². The molecule has 0 aliphatic heterocycles. The Balaban J connectivity index is 2.94. The van der Waals surface area contributed by atoms with E-state index in [1.807, 2.05) is 19.1 Å². The van der Waals surface area contributed by atoms with Crippen LogP contribution in [0.5, 0.6) is 0 Å².